The van der Waals surface area contributed by atoms with Gasteiger partial charge in [-0.3, -0.25) is 4.57 Å². The molecule has 32 heavy (non-hydrogen) atoms. The first-order chi connectivity index (χ1) is 15.3. The predicted octanol–water partition coefficient (Wildman–Crippen LogP) is 5.39. The van der Waals surface area contributed by atoms with Gasteiger partial charge in [0.2, 0.25) is 0 Å². The Kier molecular flexibility index (Phi) is 6.35. The Morgan fingerprint density at radius 3 is 2.66 bits per heavy atom. The van der Waals surface area contributed by atoms with Crippen molar-refractivity contribution >= 4 is 17.1 Å². The summed E-state index contributed by atoms with van der Waals surface area (Å²) in [7, 11) is 0. The average molecular weight is 440 g/mol. The number of fused-ring (bicyclic) bond motifs is 1. The van der Waals surface area contributed by atoms with Crippen LogP contribution >= 0.6 is 0 Å². The number of rotatable bonds is 5. The summed E-state index contributed by atoms with van der Waals surface area (Å²) in [5.41, 5.74) is 1.67. The Hall–Kier alpha value is -3.09. The number of ether oxygens (including phenoxy) is 2. The van der Waals surface area contributed by atoms with Crippen LogP contribution in [0.2, 0.25) is 0 Å². The zero-order valence-electron chi connectivity index (χ0n) is 18.9. The van der Waals surface area contributed by atoms with Crippen LogP contribution in [-0.2, 0) is 11.3 Å². The molecule has 0 bridgehead atoms. The summed E-state index contributed by atoms with van der Waals surface area (Å²) in [5, 5.41) is 0. The number of amides is 1. The molecule has 1 atom stereocenters. The number of piperidine rings is 1. The van der Waals surface area contributed by atoms with E-state index in [0.717, 1.165) is 30.3 Å². The molecule has 0 saturated carbocycles. The van der Waals surface area contributed by atoms with E-state index in [-0.39, 0.29) is 18.0 Å². The van der Waals surface area contributed by atoms with Crippen molar-refractivity contribution in [3.63, 3.8) is 0 Å². The Balaban J connectivity index is 1.56. The lowest BCUT2D eigenvalue weighted by molar-refractivity contribution is 0.00290. The first-order valence-corrected chi connectivity index (χ1v) is 11.1. The molecule has 0 radical (unpaired) electrons. The molecule has 1 aliphatic heterocycles. The quantitative estimate of drug-likeness (QED) is 0.535. The normalized spacial score (nSPS) is 16.9. The van der Waals surface area contributed by atoms with Crippen molar-refractivity contribution in [2.45, 2.75) is 58.2 Å². The van der Waals surface area contributed by atoms with Crippen molar-refractivity contribution in [2.75, 3.05) is 13.2 Å². The fourth-order valence-corrected chi connectivity index (χ4v) is 4.02. The molecule has 0 aliphatic carbocycles. The van der Waals surface area contributed by atoms with E-state index in [9.17, 15) is 9.18 Å². The third kappa shape index (κ3) is 5.03. The van der Waals surface area contributed by atoms with Gasteiger partial charge in [0, 0.05) is 12.1 Å². The Bertz CT molecular complexity index is 1090. The van der Waals surface area contributed by atoms with Gasteiger partial charge in [-0.2, -0.15) is 4.98 Å². The van der Waals surface area contributed by atoms with Crippen LogP contribution in [0.4, 0.5) is 9.18 Å². The van der Waals surface area contributed by atoms with Crippen molar-refractivity contribution in [3.05, 3.63) is 59.9 Å². The smallest absolute Gasteiger partial charge is 0.410 e. The van der Waals surface area contributed by atoms with Gasteiger partial charge in [-0.25, -0.2) is 9.18 Å². The van der Waals surface area contributed by atoms with Crippen LogP contribution in [0.25, 0.3) is 11.0 Å². The number of halogens is 1. The summed E-state index contributed by atoms with van der Waals surface area (Å²) in [6, 6.07) is 14.7. The molecule has 0 spiro atoms. The Morgan fingerprint density at radius 2 is 1.88 bits per heavy atom. The molecular formula is C25H30FN3O3. The summed E-state index contributed by atoms with van der Waals surface area (Å²) in [4.78, 5) is 19.1. The highest BCUT2D eigenvalue weighted by molar-refractivity contribution is 5.76. The molecule has 1 amide bonds. The van der Waals surface area contributed by atoms with Gasteiger partial charge in [0.05, 0.1) is 23.6 Å². The number of para-hydroxylation sites is 2. The largest absolute Gasteiger partial charge is 0.462 e. The molecule has 3 aromatic rings. The number of hydrogen-bond acceptors (Lipinski definition) is 4. The molecule has 1 aliphatic rings. The van der Waals surface area contributed by atoms with Gasteiger partial charge in [0.15, 0.2) is 0 Å². The second-order valence-electron chi connectivity index (χ2n) is 9.19. The second kappa shape index (κ2) is 9.18. The summed E-state index contributed by atoms with van der Waals surface area (Å²) >= 11 is 0. The number of aromatic nitrogens is 2. The van der Waals surface area contributed by atoms with Crippen LogP contribution < -0.4 is 4.74 Å². The van der Waals surface area contributed by atoms with Crippen LogP contribution in [0.5, 0.6) is 6.01 Å². The lowest BCUT2D eigenvalue weighted by Crippen LogP contribution is -2.48. The van der Waals surface area contributed by atoms with Crippen molar-refractivity contribution in [1.82, 2.24) is 14.5 Å². The number of hydrogen-bond donors (Lipinski definition) is 0. The van der Waals surface area contributed by atoms with E-state index in [1.807, 2.05) is 55.7 Å². The maximum absolute atomic E-state index is 14.3. The number of carbonyl (C=O) groups excluding carboxylic acids is 1. The third-order valence-corrected chi connectivity index (χ3v) is 5.57. The van der Waals surface area contributed by atoms with Crippen molar-refractivity contribution in [2.24, 2.45) is 0 Å². The highest BCUT2D eigenvalue weighted by Gasteiger charge is 2.31. The number of likely N-dealkylation sites (tertiary alicyclic amines) is 1. The molecule has 7 heteroatoms. The van der Waals surface area contributed by atoms with Crippen molar-refractivity contribution < 1.29 is 18.7 Å². The molecule has 170 valence electrons. The maximum Gasteiger partial charge on any atom is 0.410 e. The molecule has 1 aromatic heterocycles. The topological polar surface area (TPSA) is 56.6 Å². The van der Waals surface area contributed by atoms with Crippen LogP contribution in [0, 0.1) is 5.82 Å². The minimum absolute atomic E-state index is 0.0969. The molecule has 4 rings (SSSR count). The molecule has 2 heterocycles. The zero-order valence-corrected chi connectivity index (χ0v) is 18.9. The Morgan fingerprint density at radius 1 is 1.12 bits per heavy atom. The molecule has 1 fully saturated rings. The van der Waals surface area contributed by atoms with Crippen LogP contribution in [-0.4, -0.2) is 45.3 Å². The van der Waals surface area contributed by atoms with Crippen LogP contribution in [0.3, 0.4) is 0 Å². The minimum atomic E-state index is -0.548. The first kappa shape index (κ1) is 22.1. The van der Waals surface area contributed by atoms with E-state index in [0.29, 0.717) is 31.3 Å². The van der Waals surface area contributed by atoms with Crippen LogP contribution in [0.1, 0.15) is 45.6 Å². The van der Waals surface area contributed by atoms with Gasteiger partial charge in [0.25, 0.3) is 6.01 Å². The van der Waals surface area contributed by atoms with Gasteiger partial charge >= 0.3 is 6.09 Å². The predicted molar refractivity (Wildman–Crippen MR) is 121 cm³/mol. The fourth-order valence-electron chi connectivity index (χ4n) is 4.02. The lowest BCUT2D eigenvalue weighted by atomic mass is 10.0. The molecular weight excluding hydrogens is 409 g/mol. The van der Waals surface area contributed by atoms with Gasteiger partial charge in [-0.05, 0) is 58.2 Å². The fraction of sp³-hybridized carbons (Fsp3) is 0.440. The van der Waals surface area contributed by atoms with E-state index in [1.165, 1.54) is 6.07 Å². The molecule has 0 unspecified atom stereocenters. The summed E-state index contributed by atoms with van der Waals surface area (Å²) in [6.45, 7) is 6.86. The van der Waals surface area contributed by atoms with E-state index in [1.54, 1.807) is 17.0 Å². The summed E-state index contributed by atoms with van der Waals surface area (Å²) in [5.74, 6) is -0.264. The Labute approximate surface area is 187 Å². The van der Waals surface area contributed by atoms with E-state index < -0.39 is 5.60 Å². The van der Waals surface area contributed by atoms with Crippen LogP contribution in [0.15, 0.2) is 48.5 Å². The van der Waals surface area contributed by atoms with Crippen molar-refractivity contribution in [3.8, 4) is 6.01 Å². The first-order valence-electron chi connectivity index (χ1n) is 11.1. The lowest BCUT2D eigenvalue weighted by Gasteiger charge is -2.36. The highest BCUT2D eigenvalue weighted by atomic mass is 19.1. The van der Waals surface area contributed by atoms with E-state index in [2.05, 4.69) is 4.98 Å². The monoisotopic (exact) mass is 439 g/mol. The maximum atomic E-state index is 14.3. The van der Waals surface area contributed by atoms with Gasteiger partial charge in [-0.1, -0.05) is 30.3 Å². The van der Waals surface area contributed by atoms with Gasteiger partial charge in [-0.15, -0.1) is 0 Å². The van der Waals surface area contributed by atoms with Crippen molar-refractivity contribution in [1.29, 1.82) is 0 Å². The highest BCUT2D eigenvalue weighted by Crippen LogP contribution is 2.26. The van der Waals surface area contributed by atoms with Gasteiger partial charge < -0.3 is 14.4 Å². The van der Waals surface area contributed by atoms with E-state index >= 15 is 0 Å². The van der Waals surface area contributed by atoms with E-state index in [4.69, 9.17) is 9.47 Å². The number of benzene rings is 2. The zero-order chi connectivity index (χ0) is 22.7. The van der Waals surface area contributed by atoms with Gasteiger partial charge in [0.1, 0.15) is 18.0 Å². The summed E-state index contributed by atoms with van der Waals surface area (Å²) in [6.07, 6.45) is 2.50. The summed E-state index contributed by atoms with van der Waals surface area (Å²) < 4.78 is 28.0. The molecule has 0 N–H and O–H groups in total. The number of carbonyl (C=O) groups is 1. The SMILES string of the molecule is CC(C)(C)OC(=O)N1CCCC[C@H]1COc1nc2ccccc2n1Cc1ccccc1F. The molecule has 2 aromatic carbocycles. The molecule has 1 saturated heterocycles. The molecule has 6 nitrogen and oxygen atoms in total. The average Bonchev–Trinajstić information content (AvgIpc) is 3.10. The minimum Gasteiger partial charge on any atom is -0.462 e. The standard InChI is InChI=1S/C25H30FN3O3/c1-25(2,3)32-24(30)28-15-9-8-11-19(28)17-31-23-27-21-13-6-7-14-22(21)29(23)16-18-10-4-5-12-20(18)26/h4-7,10,12-14,19H,8-9,11,15-17H2,1-3H3/t19-/m0/s1. The number of nitrogens with zero attached hydrogens (tertiary/aromatic N) is 3. The number of imidazole rings is 1. The third-order valence-electron chi connectivity index (χ3n) is 5.57. The second-order valence-corrected chi connectivity index (χ2v) is 9.19.